The van der Waals surface area contributed by atoms with Crippen LogP contribution in [0.3, 0.4) is 0 Å². The molecule has 21 heavy (non-hydrogen) atoms. The van der Waals surface area contributed by atoms with E-state index in [-0.39, 0.29) is 0 Å². The van der Waals surface area contributed by atoms with E-state index in [1.807, 2.05) is 11.3 Å². The molecule has 2 aromatic rings. The second-order valence-electron chi connectivity index (χ2n) is 5.20. The molecule has 1 fully saturated rings. The zero-order chi connectivity index (χ0) is 14.7. The van der Waals surface area contributed by atoms with Crippen molar-refractivity contribution in [1.29, 1.82) is 0 Å². The van der Waals surface area contributed by atoms with E-state index in [9.17, 15) is 0 Å². The largest absolute Gasteiger partial charge is 0.378 e. The maximum absolute atomic E-state index is 5.39. The van der Waals surface area contributed by atoms with E-state index in [2.05, 4.69) is 51.9 Å². The zero-order valence-electron chi connectivity index (χ0n) is 12.5. The van der Waals surface area contributed by atoms with Gasteiger partial charge in [-0.25, -0.2) is 9.97 Å². The van der Waals surface area contributed by atoms with Crippen LogP contribution in [-0.2, 0) is 11.3 Å². The fraction of sp³-hybridized carbons (Fsp3) is 0.467. The van der Waals surface area contributed by atoms with Crippen LogP contribution < -0.4 is 9.80 Å². The standard InChI is InChI=1S/C15H20N4OS/c1-12-3-4-13(21-12)10-18(2)14-9-15(17-11-16-14)19-5-7-20-8-6-19/h3-4,9,11H,5-8,10H2,1-2H3. The number of aromatic nitrogens is 2. The smallest absolute Gasteiger partial charge is 0.134 e. The summed E-state index contributed by atoms with van der Waals surface area (Å²) in [4.78, 5) is 15.9. The molecule has 1 aliphatic heterocycles. The summed E-state index contributed by atoms with van der Waals surface area (Å²) < 4.78 is 5.39. The Morgan fingerprint density at radius 3 is 2.81 bits per heavy atom. The molecular weight excluding hydrogens is 284 g/mol. The SMILES string of the molecule is Cc1ccc(CN(C)c2cc(N3CCOCC3)ncn2)s1. The van der Waals surface area contributed by atoms with Gasteiger partial charge in [-0.05, 0) is 19.1 Å². The molecule has 0 spiro atoms. The number of hydrogen-bond acceptors (Lipinski definition) is 6. The maximum atomic E-state index is 5.39. The lowest BCUT2D eigenvalue weighted by atomic mass is 10.3. The fourth-order valence-corrected chi connectivity index (χ4v) is 3.34. The number of rotatable bonds is 4. The van der Waals surface area contributed by atoms with Crippen LogP contribution in [0.1, 0.15) is 9.75 Å². The molecule has 112 valence electrons. The zero-order valence-corrected chi connectivity index (χ0v) is 13.3. The van der Waals surface area contributed by atoms with Crippen molar-refractivity contribution in [1.82, 2.24) is 9.97 Å². The van der Waals surface area contributed by atoms with Gasteiger partial charge in [-0.3, -0.25) is 0 Å². The van der Waals surface area contributed by atoms with Crippen LogP contribution in [0.4, 0.5) is 11.6 Å². The average molecular weight is 304 g/mol. The Balaban J connectivity index is 1.72. The van der Waals surface area contributed by atoms with Gasteiger partial charge in [-0.2, -0.15) is 0 Å². The summed E-state index contributed by atoms with van der Waals surface area (Å²) in [6.45, 7) is 6.33. The lowest BCUT2D eigenvalue weighted by Gasteiger charge is -2.28. The van der Waals surface area contributed by atoms with Gasteiger partial charge in [0, 0.05) is 36.0 Å². The molecule has 0 N–H and O–H groups in total. The third-order valence-electron chi connectivity index (χ3n) is 3.55. The molecule has 0 amide bonds. The molecule has 2 aromatic heterocycles. The monoisotopic (exact) mass is 304 g/mol. The van der Waals surface area contributed by atoms with Crippen molar-refractivity contribution in [2.45, 2.75) is 13.5 Å². The van der Waals surface area contributed by atoms with Gasteiger partial charge < -0.3 is 14.5 Å². The molecular formula is C15H20N4OS. The van der Waals surface area contributed by atoms with E-state index < -0.39 is 0 Å². The summed E-state index contributed by atoms with van der Waals surface area (Å²) in [6, 6.07) is 6.40. The highest BCUT2D eigenvalue weighted by Gasteiger charge is 2.14. The van der Waals surface area contributed by atoms with Crippen molar-refractivity contribution in [3.05, 3.63) is 34.3 Å². The summed E-state index contributed by atoms with van der Waals surface area (Å²) in [5.74, 6) is 1.94. The van der Waals surface area contributed by atoms with Gasteiger partial charge in [0.05, 0.1) is 19.8 Å². The van der Waals surface area contributed by atoms with Crippen LogP contribution in [0.25, 0.3) is 0 Å². The van der Waals surface area contributed by atoms with Crippen molar-refractivity contribution in [2.75, 3.05) is 43.2 Å². The molecule has 0 bridgehead atoms. The minimum absolute atomic E-state index is 0.768. The van der Waals surface area contributed by atoms with Crippen LogP contribution >= 0.6 is 11.3 Å². The van der Waals surface area contributed by atoms with Gasteiger partial charge in [0.2, 0.25) is 0 Å². The first kappa shape index (κ1) is 14.3. The van der Waals surface area contributed by atoms with E-state index in [1.54, 1.807) is 6.33 Å². The minimum atomic E-state index is 0.768. The molecule has 0 saturated carbocycles. The van der Waals surface area contributed by atoms with Crippen molar-refractivity contribution < 1.29 is 4.74 Å². The van der Waals surface area contributed by atoms with Gasteiger partial charge in [0.15, 0.2) is 0 Å². The van der Waals surface area contributed by atoms with E-state index >= 15 is 0 Å². The minimum Gasteiger partial charge on any atom is -0.378 e. The molecule has 6 heteroatoms. The summed E-state index contributed by atoms with van der Waals surface area (Å²) in [7, 11) is 2.07. The third kappa shape index (κ3) is 3.51. The van der Waals surface area contributed by atoms with Crippen LogP contribution in [0, 0.1) is 6.92 Å². The second-order valence-corrected chi connectivity index (χ2v) is 6.57. The van der Waals surface area contributed by atoms with Crippen LogP contribution in [0.5, 0.6) is 0 Å². The lowest BCUT2D eigenvalue weighted by Crippen LogP contribution is -2.36. The Kier molecular flexibility index (Phi) is 4.36. The number of nitrogens with zero attached hydrogens (tertiary/aromatic N) is 4. The van der Waals surface area contributed by atoms with Crippen molar-refractivity contribution in [3.63, 3.8) is 0 Å². The Bertz CT molecular complexity index is 595. The van der Waals surface area contributed by atoms with Crippen LogP contribution in [0.15, 0.2) is 24.5 Å². The Labute approximate surface area is 129 Å². The molecule has 0 aliphatic carbocycles. The van der Waals surface area contributed by atoms with Gasteiger partial charge in [0.1, 0.15) is 18.0 Å². The van der Waals surface area contributed by atoms with Crippen LogP contribution in [0.2, 0.25) is 0 Å². The number of morpholine rings is 1. The highest BCUT2D eigenvalue weighted by molar-refractivity contribution is 7.11. The predicted molar refractivity (Wildman–Crippen MR) is 86.2 cm³/mol. The molecule has 1 aliphatic rings. The first-order valence-electron chi connectivity index (χ1n) is 7.13. The van der Waals surface area contributed by atoms with Crippen molar-refractivity contribution in [3.8, 4) is 0 Å². The first-order valence-corrected chi connectivity index (χ1v) is 7.95. The molecule has 1 saturated heterocycles. The fourth-order valence-electron chi connectivity index (χ4n) is 2.40. The highest BCUT2D eigenvalue weighted by atomic mass is 32.1. The second kappa shape index (κ2) is 6.41. The maximum Gasteiger partial charge on any atom is 0.134 e. The average Bonchev–Trinajstić information content (AvgIpc) is 2.93. The third-order valence-corrected chi connectivity index (χ3v) is 4.54. The quantitative estimate of drug-likeness (QED) is 0.867. The van der Waals surface area contributed by atoms with Gasteiger partial charge in [-0.15, -0.1) is 11.3 Å². The Hall–Kier alpha value is -1.66. The molecule has 3 rings (SSSR count). The topological polar surface area (TPSA) is 41.5 Å². The molecule has 5 nitrogen and oxygen atoms in total. The van der Waals surface area contributed by atoms with E-state index in [4.69, 9.17) is 4.74 Å². The normalized spacial score (nSPS) is 15.2. The number of hydrogen-bond donors (Lipinski definition) is 0. The number of anilines is 2. The summed E-state index contributed by atoms with van der Waals surface area (Å²) in [5.41, 5.74) is 0. The number of thiophene rings is 1. The van der Waals surface area contributed by atoms with Gasteiger partial charge >= 0.3 is 0 Å². The highest BCUT2D eigenvalue weighted by Crippen LogP contribution is 2.22. The predicted octanol–water partition coefficient (Wildman–Crippen LogP) is 2.32. The lowest BCUT2D eigenvalue weighted by molar-refractivity contribution is 0.122. The summed E-state index contributed by atoms with van der Waals surface area (Å²) >= 11 is 1.83. The number of ether oxygens (including phenoxy) is 1. The Morgan fingerprint density at radius 1 is 1.29 bits per heavy atom. The Morgan fingerprint density at radius 2 is 2.10 bits per heavy atom. The molecule has 0 aromatic carbocycles. The molecule has 0 atom stereocenters. The van der Waals surface area contributed by atoms with Crippen molar-refractivity contribution >= 4 is 23.0 Å². The summed E-state index contributed by atoms with van der Waals surface area (Å²) in [6.07, 6.45) is 1.65. The summed E-state index contributed by atoms with van der Waals surface area (Å²) in [5, 5.41) is 0. The molecule has 0 unspecified atom stereocenters. The van der Waals surface area contributed by atoms with E-state index in [1.165, 1.54) is 9.75 Å². The first-order chi connectivity index (χ1) is 10.2. The van der Waals surface area contributed by atoms with Gasteiger partial charge in [0.25, 0.3) is 0 Å². The van der Waals surface area contributed by atoms with E-state index in [0.717, 1.165) is 44.5 Å². The van der Waals surface area contributed by atoms with Gasteiger partial charge in [-0.1, -0.05) is 0 Å². The van der Waals surface area contributed by atoms with Crippen molar-refractivity contribution in [2.24, 2.45) is 0 Å². The molecule has 3 heterocycles. The van der Waals surface area contributed by atoms with Crippen LogP contribution in [-0.4, -0.2) is 43.3 Å². The molecule has 0 radical (unpaired) electrons. The van der Waals surface area contributed by atoms with E-state index in [0.29, 0.717) is 0 Å². The number of aryl methyl sites for hydroxylation is 1.